The van der Waals surface area contributed by atoms with Gasteiger partial charge in [-0.3, -0.25) is 9.36 Å². The van der Waals surface area contributed by atoms with E-state index in [1.807, 2.05) is 31.5 Å². The van der Waals surface area contributed by atoms with Gasteiger partial charge in [0.05, 0.1) is 5.69 Å². The van der Waals surface area contributed by atoms with E-state index in [4.69, 9.17) is 4.98 Å². The molecule has 29 heavy (non-hydrogen) atoms. The molecule has 1 amide bonds. The molecule has 6 heteroatoms. The maximum Gasteiger partial charge on any atom is 0.251 e. The van der Waals surface area contributed by atoms with Gasteiger partial charge in [-0.2, -0.15) is 0 Å². The van der Waals surface area contributed by atoms with Crippen molar-refractivity contribution in [2.24, 2.45) is 0 Å². The number of nitrogens with one attached hydrogen (secondary N) is 1. The van der Waals surface area contributed by atoms with Gasteiger partial charge in [0.2, 0.25) is 0 Å². The number of amides is 1. The van der Waals surface area contributed by atoms with Crippen molar-refractivity contribution in [3.8, 4) is 17.1 Å². The molecule has 3 aromatic rings. The third-order valence-electron chi connectivity index (χ3n) is 4.26. The van der Waals surface area contributed by atoms with Crippen LogP contribution in [-0.4, -0.2) is 26.0 Å². The van der Waals surface area contributed by atoms with Gasteiger partial charge >= 0.3 is 0 Å². The van der Waals surface area contributed by atoms with Crippen molar-refractivity contribution in [3.63, 3.8) is 0 Å². The lowest BCUT2D eigenvalue weighted by Crippen LogP contribution is -2.40. The van der Waals surface area contributed by atoms with Crippen molar-refractivity contribution >= 4 is 5.91 Å². The van der Waals surface area contributed by atoms with Gasteiger partial charge in [0.15, 0.2) is 0 Å². The zero-order valence-electron chi connectivity index (χ0n) is 17.7. The van der Waals surface area contributed by atoms with Gasteiger partial charge in [-0.05, 0) is 57.2 Å². The number of hydrogen-bond acceptors (Lipinski definition) is 3. The Morgan fingerprint density at radius 3 is 2.28 bits per heavy atom. The zero-order valence-corrected chi connectivity index (χ0v) is 17.7. The van der Waals surface area contributed by atoms with Gasteiger partial charge in [-0.15, -0.1) is 0 Å². The van der Waals surface area contributed by atoms with Crippen LogP contribution in [0.3, 0.4) is 0 Å². The minimum absolute atomic E-state index is 0.193. The molecular formula is C23H27FN4O. The molecule has 1 N–H and O–H groups in total. The average Bonchev–Trinajstić information content (AvgIpc) is 3.11. The lowest BCUT2D eigenvalue weighted by molar-refractivity contribution is 0.0919. The van der Waals surface area contributed by atoms with E-state index in [-0.39, 0.29) is 22.7 Å². The van der Waals surface area contributed by atoms with Crippen molar-refractivity contribution in [2.45, 2.75) is 52.5 Å². The first kappa shape index (κ1) is 20.7. The molecular weight excluding hydrogens is 367 g/mol. The third kappa shape index (κ3) is 4.88. The molecule has 5 nitrogen and oxygen atoms in total. The topological polar surface area (TPSA) is 59.8 Å². The summed E-state index contributed by atoms with van der Waals surface area (Å²) in [5.41, 5.74) is 1.23. The largest absolute Gasteiger partial charge is 0.347 e. The van der Waals surface area contributed by atoms with Gasteiger partial charge in [0, 0.05) is 34.5 Å². The van der Waals surface area contributed by atoms with Gasteiger partial charge in [0.25, 0.3) is 5.91 Å². The van der Waals surface area contributed by atoms with Gasteiger partial charge in [-0.25, -0.2) is 14.4 Å². The van der Waals surface area contributed by atoms with Crippen LogP contribution in [0.1, 0.15) is 57.7 Å². The van der Waals surface area contributed by atoms with Crippen LogP contribution in [0.25, 0.3) is 17.1 Å². The summed E-state index contributed by atoms with van der Waals surface area (Å²) in [6, 6.07) is 9.57. The van der Waals surface area contributed by atoms with Crippen LogP contribution in [0, 0.1) is 5.82 Å². The number of carbonyl (C=O) groups excluding carboxylic acids is 1. The summed E-state index contributed by atoms with van der Waals surface area (Å²) in [4.78, 5) is 22.1. The third-order valence-corrected chi connectivity index (χ3v) is 4.26. The van der Waals surface area contributed by atoms with E-state index in [1.165, 1.54) is 12.1 Å². The number of imidazole rings is 1. The van der Waals surface area contributed by atoms with E-state index >= 15 is 0 Å². The summed E-state index contributed by atoms with van der Waals surface area (Å²) in [6.45, 7) is 12.0. The summed E-state index contributed by atoms with van der Waals surface area (Å²) in [5.74, 6) is 0.916. The van der Waals surface area contributed by atoms with Crippen molar-refractivity contribution in [2.75, 3.05) is 0 Å². The van der Waals surface area contributed by atoms with E-state index in [2.05, 4.69) is 31.1 Å². The second-order valence-electron chi connectivity index (χ2n) is 9.18. The monoisotopic (exact) mass is 394 g/mol. The molecule has 152 valence electrons. The smallest absolute Gasteiger partial charge is 0.251 e. The highest BCUT2D eigenvalue weighted by Crippen LogP contribution is 2.26. The first-order valence-corrected chi connectivity index (χ1v) is 9.59. The zero-order chi connectivity index (χ0) is 21.4. The summed E-state index contributed by atoms with van der Waals surface area (Å²) in [7, 11) is 0. The van der Waals surface area contributed by atoms with Crippen LogP contribution in [0.2, 0.25) is 0 Å². The highest BCUT2D eigenvalue weighted by atomic mass is 19.1. The number of aromatic nitrogens is 3. The maximum atomic E-state index is 13.4. The summed E-state index contributed by atoms with van der Waals surface area (Å²) < 4.78 is 15.3. The van der Waals surface area contributed by atoms with Crippen LogP contribution in [0.5, 0.6) is 0 Å². The standard InChI is InChI=1S/C23H27FN4O/c1-22(2,3)21-25-11-12-28(21)19-14-16(20(29)27-23(4,5)6)13-18(26-19)15-7-9-17(24)10-8-15/h7-14H,1-6H3,(H,27,29). The quantitative estimate of drug-likeness (QED) is 0.687. The fourth-order valence-electron chi connectivity index (χ4n) is 3.00. The predicted octanol–water partition coefficient (Wildman–Crippen LogP) is 4.90. The van der Waals surface area contributed by atoms with Crippen LogP contribution in [0.4, 0.5) is 4.39 Å². The van der Waals surface area contributed by atoms with Crippen molar-refractivity contribution in [1.29, 1.82) is 0 Å². The van der Waals surface area contributed by atoms with Crippen molar-refractivity contribution < 1.29 is 9.18 Å². The fourth-order valence-corrected chi connectivity index (χ4v) is 3.00. The Labute approximate surface area is 171 Å². The summed E-state index contributed by atoms with van der Waals surface area (Å²) in [6.07, 6.45) is 3.56. The minimum atomic E-state index is -0.373. The van der Waals surface area contributed by atoms with E-state index in [0.717, 1.165) is 11.4 Å². The Morgan fingerprint density at radius 2 is 1.69 bits per heavy atom. The number of halogens is 1. The second-order valence-corrected chi connectivity index (χ2v) is 9.18. The Balaban J connectivity index is 2.17. The van der Waals surface area contributed by atoms with E-state index in [9.17, 15) is 9.18 Å². The van der Waals surface area contributed by atoms with Crippen LogP contribution < -0.4 is 5.32 Å². The molecule has 0 spiro atoms. The van der Waals surface area contributed by atoms with Gasteiger partial charge in [-0.1, -0.05) is 20.8 Å². The van der Waals surface area contributed by atoms with Crippen LogP contribution in [-0.2, 0) is 5.41 Å². The van der Waals surface area contributed by atoms with E-state index < -0.39 is 0 Å². The maximum absolute atomic E-state index is 13.4. The normalized spacial score (nSPS) is 12.1. The summed E-state index contributed by atoms with van der Waals surface area (Å²) in [5, 5.41) is 2.99. The molecule has 0 fully saturated rings. The molecule has 0 saturated carbocycles. The SMILES string of the molecule is CC(C)(C)NC(=O)c1cc(-c2ccc(F)cc2)nc(-n2ccnc2C(C)(C)C)c1. The predicted molar refractivity (Wildman–Crippen MR) is 113 cm³/mol. The lowest BCUT2D eigenvalue weighted by Gasteiger charge is -2.22. The fraction of sp³-hybridized carbons (Fsp3) is 0.348. The van der Waals surface area contributed by atoms with E-state index in [0.29, 0.717) is 17.1 Å². The number of rotatable bonds is 3. The van der Waals surface area contributed by atoms with Crippen molar-refractivity contribution in [3.05, 3.63) is 66.0 Å². The lowest BCUT2D eigenvalue weighted by atomic mass is 9.95. The molecule has 0 atom stereocenters. The van der Waals surface area contributed by atoms with Crippen LogP contribution >= 0.6 is 0 Å². The van der Waals surface area contributed by atoms with Gasteiger partial charge in [0.1, 0.15) is 17.5 Å². The van der Waals surface area contributed by atoms with E-state index in [1.54, 1.807) is 30.5 Å². The molecule has 3 rings (SSSR count). The van der Waals surface area contributed by atoms with Crippen molar-refractivity contribution in [1.82, 2.24) is 19.9 Å². The first-order chi connectivity index (χ1) is 13.4. The molecule has 0 radical (unpaired) electrons. The Kier molecular flexibility index (Phi) is 5.30. The molecule has 2 aromatic heterocycles. The number of hydrogen-bond donors (Lipinski definition) is 1. The molecule has 0 saturated heterocycles. The molecule has 2 heterocycles. The average molecular weight is 394 g/mol. The second kappa shape index (κ2) is 7.43. The molecule has 0 aliphatic heterocycles. The number of pyridine rings is 1. The Morgan fingerprint density at radius 1 is 1.03 bits per heavy atom. The first-order valence-electron chi connectivity index (χ1n) is 9.59. The number of benzene rings is 1. The number of nitrogens with zero attached hydrogens (tertiary/aromatic N) is 3. The summed E-state index contributed by atoms with van der Waals surface area (Å²) >= 11 is 0. The minimum Gasteiger partial charge on any atom is -0.347 e. The van der Waals surface area contributed by atoms with Gasteiger partial charge < -0.3 is 5.32 Å². The molecule has 0 unspecified atom stereocenters. The molecule has 0 aliphatic rings. The molecule has 0 bridgehead atoms. The highest BCUT2D eigenvalue weighted by molar-refractivity contribution is 5.96. The Bertz CT molecular complexity index is 1020. The van der Waals surface area contributed by atoms with Crippen LogP contribution in [0.15, 0.2) is 48.8 Å². The highest BCUT2D eigenvalue weighted by Gasteiger charge is 2.23. The Hall–Kier alpha value is -3.02. The molecule has 1 aromatic carbocycles. The number of carbonyl (C=O) groups is 1. The molecule has 0 aliphatic carbocycles.